The second-order valence-electron chi connectivity index (χ2n) is 5.64. The van der Waals surface area contributed by atoms with E-state index < -0.39 is 23.1 Å². The number of aromatic nitrogens is 2. The Bertz CT molecular complexity index is 1130. The first-order chi connectivity index (χ1) is 12.4. The van der Waals surface area contributed by atoms with Gasteiger partial charge in [0.05, 0.1) is 10.9 Å². The Morgan fingerprint density at radius 3 is 2.35 bits per heavy atom. The molecule has 132 valence electrons. The Labute approximate surface area is 147 Å². The number of amides is 2. The van der Waals surface area contributed by atoms with Crippen molar-refractivity contribution in [2.45, 2.75) is 13.5 Å². The van der Waals surface area contributed by atoms with Gasteiger partial charge in [-0.15, -0.1) is 0 Å². The lowest BCUT2D eigenvalue weighted by Gasteiger charge is -2.08. The maximum absolute atomic E-state index is 12.4. The number of fused-ring (bicyclic) bond motifs is 1. The molecule has 8 heteroatoms. The second-order valence-corrected chi connectivity index (χ2v) is 5.64. The highest BCUT2D eigenvalue weighted by Gasteiger charge is 2.11. The third-order valence-electron chi connectivity index (χ3n) is 3.99. The summed E-state index contributed by atoms with van der Waals surface area (Å²) >= 11 is 0. The van der Waals surface area contributed by atoms with Gasteiger partial charge in [-0.3, -0.25) is 19.0 Å². The summed E-state index contributed by atoms with van der Waals surface area (Å²) in [6.07, 6.45) is 0. The Kier molecular flexibility index (Phi) is 4.40. The fraction of sp³-hybridized carbons (Fsp3) is 0.111. The maximum Gasteiger partial charge on any atom is 0.328 e. The Morgan fingerprint density at radius 1 is 1.08 bits per heavy atom. The molecule has 4 N–H and O–H groups in total. The van der Waals surface area contributed by atoms with Crippen LogP contribution in [-0.4, -0.2) is 21.4 Å². The average molecular weight is 352 g/mol. The number of hydrogen-bond acceptors (Lipinski definition) is 4. The van der Waals surface area contributed by atoms with Gasteiger partial charge in [-0.25, -0.2) is 4.79 Å². The number of benzene rings is 2. The first-order valence-corrected chi connectivity index (χ1v) is 7.89. The summed E-state index contributed by atoms with van der Waals surface area (Å²) < 4.78 is 1.09. The third-order valence-corrected chi connectivity index (χ3v) is 3.99. The number of H-pyrrole nitrogens is 1. The molecule has 0 aliphatic heterocycles. The molecule has 2 aromatic carbocycles. The van der Waals surface area contributed by atoms with Gasteiger partial charge in [0.2, 0.25) is 5.91 Å². The predicted octanol–water partition coefficient (Wildman–Crippen LogP) is 1.06. The molecular formula is C18H16N4O4. The van der Waals surface area contributed by atoms with Gasteiger partial charge in [0.15, 0.2) is 0 Å². The summed E-state index contributed by atoms with van der Waals surface area (Å²) in [5.74, 6) is -0.974. The van der Waals surface area contributed by atoms with E-state index in [2.05, 4.69) is 10.3 Å². The molecule has 0 aliphatic rings. The van der Waals surface area contributed by atoms with E-state index in [-0.39, 0.29) is 12.1 Å². The number of nitrogens with two attached hydrogens (primary N) is 1. The summed E-state index contributed by atoms with van der Waals surface area (Å²) in [6.45, 7) is 1.96. The number of nitrogens with zero attached hydrogens (tertiary/aromatic N) is 1. The third kappa shape index (κ3) is 3.12. The normalized spacial score (nSPS) is 10.7. The molecule has 1 heterocycles. The van der Waals surface area contributed by atoms with Crippen molar-refractivity contribution in [3.05, 3.63) is 74.4 Å². The fourth-order valence-electron chi connectivity index (χ4n) is 2.60. The molecule has 0 saturated heterocycles. The Balaban J connectivity index is 1.92. The Hall–Kier alpha value is -3.68. The molecule has 0 atom stereocenters. The zero-order chi connectivity index (χ0) is 18.8. The molecule has 8 nitrogen and oxygen atoms in total. The van der Waals surface area contributed by atoms with Crippen LogP contribution in [0.3, 0.4) is 0 Å². The highest BCUT2D eigenvalue weighted by atomic mass is 16.2. The van der Waals surface area contributed by atoms with Crippen LogP contribution < -0.4 is 22.3 Å². The van der Waals surface area contributed by atoms with Crippen LogP contribution in [-0.2, 0) is 6.54 Å². The van der Waals surface area contributed by atoms with Crippen LogP contribution in [0.2, 0.25) is 0 Å². The number of aromatic amines is 1. The highest BCUT2D eigenvalue weighted by molar-refractivity contribution is 6.06. The molecule has 0 fully saturated rings. The van der Waals surface area contributed by atoms with Gasteiger partial charge >= 0.3 is 5.69 Å². The molecule has 0 spiro atoms. The summed E-state index contributed by atoms with van der Waals surface area (Å²) in [6, 6.07) is 10.6. The summed E-state index contributed by atoms with van der Waals surface area (Å²) in [7, 11) is 0. The lowest BCUT2D eigenvalue weighted by Crippen LogP contribution is -2.34. The number of primary amides is 1. The van der Waals surface area contributed by atoms with Crippen LogP contribution in [0.5, 0.6) is 0 Å². The van der Waals surface area contributed by atoms with Crippen LogP contribution in [0.4, 0.5) is 5.69 Å². The monoisotopic (exact) mass is 352 g/mol. The van der Waals surface area contributed by atoms with Crippen molar-refractivity contribution in [3.63, 3.8) is 0 Å². The van der Waals surface area contributed by atoms with Crippen molar-refractivity contribution in [1.29, 1.82) is 0 Å². The van der Waals surface area contributed by atoms with Gasteiger partial charge in [0, 0.05) is 23.4 Å². The second kappa shape index (κ2) is 6.67. The molecule has 2 amide bonds. The maximum atomic E-state index is 12.4. The van der Waals surface area contributed by atoms with Crippen LogP contribution in [0.25, 0.3) is 10.9 Å². The molecular weight excluding hydrogens is 336 g/mol. The predicted molar refractivity (Wildman–Crippen MR) is 97.4 cm³/mol. The lowest BCUT2D eigenvalue weighted by molar-refractivity contribution is 0.0998. The quantitative estimate of drug-likeness (QED) is 0.649. The zero-order valence-corrected chi connectivity index (χ0v) is 13.9. The van der Waals surface area contributed by atoms with Crippen molar-refractivity contribution in [2.75, 3.05) is 5.32 Å². The molecule has 0 saturated carbocycles. The minimum atomic E-state index is -0.556. The Morgan fingerprint density at radius 2 is 1.73 bits per heavy atom. The topological polar surface area (TPSA) is 127 Å². The SMILES string of the molecule is CCn1c(=O)[nH]c2cc(C(=O)Nc3ccc(C(N)=O)cc3)ccc2c1=O. The number of rotatable bonds is 4. The van der Waals surface area contributed by atoms with Crippen LogP contribution in [0.1, 0.15) is 27.6 Å². The lowest BCUT2D eigenvalue weighted by atomic mass is 10.1. The number of hydrogen-bond donors (Lipinski definition) is 3. The minimum Gasteiger partial charge on any atom is -0.366 e. The van der Waals surface area contributed by atoms with Crippen molar-refractivity contribution >= 4 is 28.4 Å². The molecule has 0 aliphatic carbocycles. The number of carbonyl (C=O) groups is 2. The van der Waals surface area contributed by atoms with Gasteiger partial charge in [0.25, 0.3) is 11.5 Å². The first-order valence-electron chi connectivity index (χ1n) is 7.89. The summed E-state index contributed by atoms with van der Waals surface area (Å²) in [5.41, 5.74) is 5.63. The smallest absolute Gasteiger partial charge is 0.328 e. The van der Waals surface area contributed by atoms with Crippen molar-refractivity contribution in [3.8, 4) is 0 Å². The van der Waals surface area contributed by atoms with Gasteiger partial charge < -0.3 is 16.0 Å². The van der Waals surface area contributed by atoms with Crippen LogP contribution in [0.15, 0.2) is 52.1 Å². The molecule has 3 aromatic rings. The van der Waals surface area contributed by atoms with E-state index in [1.165, 1.54) is 30.3 Å². The number of nitrogens with one attached hydrogen (secondary N) is 2. The summed E-state index contributed by atoms with van der Waals surface area (Å²) in [4.78, 5) is 50.2. The summed E-state index contributed by atoms with van der Waals surface area (Å²) in [5, 5.41) is 3.00. The van der Waals surface area contributed by atoms with Gasteiger partial charge in [-0.05, 0) is 49.4 Å². The van der Waals surface area contributed by atoms with E-state index in [0.29, 0.717) is 22.2 Å². The van der Waals surface area contributed by atoms with Gasteiger partial charge in [-0.1, -0.05) is 0 Å². The molecule has 1 aromatic heterocycles. The molecule has 0 bridgehead atoms. The van der Waals surface area contributed by atoms with E-state index >= 15 is 0 Å². The van der Waals surface area contributed by atoms with E-state index in [9.17, 15) is 19.2 Å². The van der Waals surface area contributed by atoms with E-state index in [4.69, 9.17) is 5.73 Å². The highest BCUT2D eigenvalue weighted by Crippen LogP contribution is 2.14. The zero-order valence-electron chi connectivity index (χ0n) is 13.9. The first kappa shape index (κ1) is 17.2. The number of carbonyl (C=O) groups excluding carboxylic acids is 2. The molecule has 0 unspecified atom stereocenters. The van der Waals surface area contributed by atoms with E-state index in [1.807, 2.05) is 0 Å². The van der Waals surface area contributed by atoms with Crippen LogP contribution in [0, 0.1) is 0 Å². The van der Waals surface area contributed by atoms with E-state index in [1.54, 1.807) is 19.1 Å². The van der Waals surface area contributed by atoms with Crippen molar-refractivity contribution in [2.24, 2.45) is 5.73 Å². The van der Waals surface area contributed by atoms with Crippen molar-refractivity contribution in [1.82, 2.24) is 9.55 Å². The molecule has 3 rings (SSSR count). The minimum absolute atomic E-state index is 0.258. The van der Waals surface area contributed by atoms with Crippen LogP contribution >= 0.6 is 0 Å². The number of anilines is 1. The van der Waals surface area contributed by atoms with Gasteiger partial charge in [0.1, 0.15) is 0 Å². The molecule has 0 radical (unpaired) electrons. The standard InChI is InChI=1S/C18H16N4O4/c1-2-22-17(25)13-8-5-11(9-14(13)21-18(22)26)16(24)20-12-6-3-10(4-7-12)15(19)23/h3-9H,2H2,1H3,(H2,19,23)(H,20,24)(H,21,26). The fourth-order valence-corrected chi connectivity index (χ4v) is 2.60. The largest absolute Gasteiger partial charge is 0.366 e. The molecule has 26 heavy (non-hydrogen) atoms. The van der Waals surface area contributed by atoms with E-state index in [0.717, 1.165) is 4.57 Å². The van der Waals surface area contributed by atoms with Crippen molar-refractivity contribution < 1.29 is 9.59 Å². The van der Waals surface area contributed by atoms with Gasteiger partial charge in [-0.2, -0.15) is 0 Å². The average Bonchev–Trinajstić information content (AvgIpc) is 2.62.